The summed E-state index contributed by atoms with van der Waals surface area (Å²) < 4.78 is 3.07. The van der Waals surface area contributed by atoms with Gasteiger partial charge in [-0.2, -0.15) is 0 Å². The van der Waals surface area contributed by atoms with E-state index in [4.69, 9.17) is 11.6 Å². The number of aromatic nitrogens is 2. The van der Waals surface area contributed by atoms with Crippen LogP contribution >= 0.6 is 34.2 Å². The van der Waals surface area contributed by atoms with Crippen LogP contribution < -0.4 is 0 Å². The average Bonchev–Trinajstić information content (AvgIpc) is 2.83. The first-order valence-electron chi connectivity index (χ1n) is 6.93. The van der Waals surface area contributed by atoms with Gasteiger partial charge in [-0.15, -0.1) is 11.6 Å². The van der Waals surface area contributed by atoms with Crippen molar-refractivity contribution in [2.75, 3.05) is 13.6 Å². The maximum atomic E-state index is 12.5. The summed E-state index contributed by atoms with van der Waals surface area (Å²) in [4.78, 5) is 18.8. The molecule has 6 heteroatoms. The molecule has 0 aliphatic carbocycles. The third-order valence-electron chi connectivity index (χ3n) is 3.63. The van der Waals surface area contributed by atoms with E-state index in [1.54, 1.807) is 4.90 Å². The van der Waals surface area contributed by atoms with Crippen LogP contribution in [0.15, 0.2) is 18.2 Å². The highest BCUT2D eigenvalue weighted by Gasteiger charge is 2.25. The van der Waals surface area contributed by atoms with Gasteiger partial charge in [0.05, 0.1) is 16.4 Å². The van der Waals surface area contributed by atoms with Crippen LogP contribution in [0.2, 0.25) is 0 Å². The lowest BCUT2D eigenvalue weighted by Crippen LogP contribution is -2.33. The summed E-state index contributed by atoms with van der Waals surface area (Å²) in [6, 6.07) is 5.71. The predicted molar refractivity (Wildman–Crippen MR) is 94.7 cm³/mol. The average molecular weight is 420 g/mol. The lowest BCUT2D eigenvalue weighted by atomic mass is 10.2. The van der Waals surface area contributed by atoms with Crippen molar-refractivity contribution in [2.45, 2.75) is 32.2 Å². The Morgan fingerprint density at radius 1 is 1.48 bits per heavy atom. The van der Waals surface area contributed by atoms with Crippen LogP contribution in [-0.2, 0) is 4.79 Å². The molecule has 2 aromatic rings. The van der Waals surface area contributed by atoms with Gasteiger partial charge < -0.3 is 9.47 Å². The van der Waals surface area contributed by atoms with Gasteiger partial charge in [0.15, 0.2) is 0 Å². The van der Waals surface area contributed by atoms with Crippen molar-refractivity contribution in [1.82, 2.24) is 14.5 Å². The van der Waals surface area contributed by atoms with Crippen molar-refractivity contribution in [3.63, 3.8) is 0 Å². The van der Waals surface area contributed by atoms with Crippen LogP contribution in [0.3, 0.4) is 0 Å². The minimum absolute atomic E-state index is 0.0638. The third-order valence-corrected chi connectivity index (χ3v) is 4.50. The van der Waals surface area contributed by atoms with Gasteiger partial charge >= 0.3 is 0 Å². The van der Waals surface area contributed by atoms with Gasteiger partial charge in [0.25, 0.3) is 0 Å². The maximum Gasteiger partial charge on any atom is 0.245 e. The normalized spacial score (nSPS) is 14.2. The Hall–Kier alpha value is -0.820. The Morgan fingerprint density at radius 3 is 2.71 bits per heavy atom. The van der Waals surface area contributed by atoms with E-state index >= 15 is 0 Å². The third kappa shape index (κ3) is 3.18. The van der Waals surface area contributed by atoms with E-state index in [2.05, 4.69) is 27.6 Å². The number of imidazole rings is 1. The van der Waals surface area contributed by atoms with Gasteiger partial charge in [0.2, 0.25) is 5.91 Å². The summed E-state index contributed by atoms with van der Waals surface area (Å²) in [5, 5.41) is -0.253. The number of benzene rings is 1. The second-order valence-electron chi connectivity index (χ2n) is 5.12. The standard InChI is InChI=1S/C15H19ClIN3O/c1-5-19(4)15(21)10(3)20-13-7-6-11(17)8-12(13)18-14(20)9(2)16/h6-10H,5H2,1-4H3. The van der Waals surface area contributed by atoms with Crippen LogP contribution in [0.5, 0.6) is 0 Å². The monoisotopic (exact) mass is 419 g/mol. The number of hydrogen-bond donors (Lipinski definition) is 0. The van der Waals surface area contributed by atoms with Crippen molar-refractivity contribution in [1.29, 1.82) is 0 Å². The number of halogens is 2. The number of rotatable bonds is 4. The van der Waals surface area contributed by atoms with Gasteiger partial charge in [0.1, 0.15) is 11.9 Å². The molecule has 4 nitrogen and oxygen atoms in total. The minimum Gasteiger partial charge on any atom is -0.344 e. The molecule has 2 atom stereocenters. The molecule has 1 aromatic heterocycles. The van der Waals surface area contributed by atoms with E-state index in [0.29, 0.717) is 6.54 Å². The van der Waals surface area contributed by atoms with Crippen LogP contribution in [0.25, 0.3) is 11.0 Å². The summed E-state index contributed by atoms with van der Waals surface area (Å²) in [6.45, 7) is 6.42. The zero-order valence-corrected chi connectivity index (χ0v) is 15.5. The molecule has 0 spiro atoms. The molecule has 0 saturated heterocycles. The minimum atomic E-state index is -0.323. The van der Waals surface area contributed by atoms with Gasteiger partial charge in [0, 0.05) is 17.2 Å². The molecule has 0 fully saturated rings. The highest BCUT2D eigenvalue weighted by molar-refractivity contribution is 14.1. The van der Waals surface area contributed by atoms with E-state index in [-0.39, 0.29) is 17.3 Å². The van der Waals surface area contributed by atoms with Crippen molar-refractivity contribution < 1.29 is 4.79 Å². The Morgan fingerprint density at radius 2 is 2.14 bits per heavy atom. The first kappa shape index (κ1) is 16.5. The van der Waals surface area contributed by atoms with E-state index < -0.39 is 0 Å². The van der Waals surface area contributed by atoms with E-state index in [9.17, 15) is 4.79 Å². The topological polar surface area (TPSA) is 38.1 Å². The molecule has 1 heterocycles. The highest BCUT2D eigenvalue weighted by atomic mass is 127. The quantitative estimate of drug-likeness (QED) is 0.555. The summed E-state index contributed by atoms with van der Waals surface area (Å²) in [7, 11) is 1.81. The number of carbonyl (C=O) groups excluding carboxylic acids is 1. The van der Waals surface area contributed by atoms with Gasteiger partial charge in [-0.05, 0) is 61.6 Å². The van der Waals surface area contributed by atoms with Crippen LogP contribution in [0.1, 0.15) is 38.0 Å². The largest absolute Gasteiger partial charge is 0.344 e. The van der Waals surface area contributed by atoms with E-state index in [1.165, 1.54) is 0 Å². The number of nitrogens with zero attached hydrogens (tertiary/aromatic N) is 3. The maximum absolute atomic E-state index is 12.5. The zero-order chi connectivity index (χ0) is 15.7. The number of alkyl halides is 1. The first-order chi connectivity index (χ1) is 9.86. The predicted octanol–water partition coefficient (Wildman–Crippen LogP) is 3.98. The second kappa shape index (κ2) is 6.52. The fourth-order valence-corrected chi connectivity index (χ4v) is 2.99. The lowest BCUT2D eigenvalue weighted by molar-refractivity contribution is -0.132. The summed E-state index contributed by atoms with van der Waals surface area (Å²) in [5.41, 5.74) is 1.83. The molecule has 1 amide bonds. The zero-order valence-electron chi connectivity index (χ0n) is 12.6. The van der Waals surface area contributed by atoms with E-state index in [1.807, 2.05) is 50.6 Å². The smallest absolute Gasteiger partial charge is 0.245 e. The highest BCUT2D eigenvalue weighted by Crippen LogP contribution is 2.29. The number of carbonyl (C=O) groups is 1. The van der Waals surface area contributed by atoms with Crippen molar-refractivity contribution >= 4 is 51.1 Å². The van der Waals surface area contributed by atoms with Crippen LogP contribution in [-0.4, -0.2) is 34.0 Å². The molecule has 2 unspecified atom stereocenters. The molecular weight excluding hydrogens is 401 g/mol. The molecule has 1 aromatic carbocycles. The molecule has 0 saturated carbocycles. The summed E-state index contributed by atoms with van der Waals surface area (Å²) in [6.07, 6.45) is 0. The van der Waals surface area contributed by atoms with Crippen molar-refractivity contribution in [2.24, 2.45) is 0 Å². The number of amides is 1. The molecule has 21 heavy (non-hydrogen) atoms. The molecule has 0 aliphatic rings. The number of fused-ring (bicyclic) bond motifs is 1. The van der Waals surface area contributed by atoms with Crippen LogP contribution in [0.4, 0.5) is 0 Å². The second-order valence-corrected chi connectivity index (χ2v) is 7.02. The number of likely N-dealkylation sites (N-methyl/N-ethyl adjacent to an activating group) is 1. The van der Waals surface area contributed by atoms with Crippen molar-refractivity contribution in [3.8, 4) is 0 Å². The summed E-state index contributed by atoms with van der Waals surface area (Å²) in [5.74, 6) is 0.799. The van der Waals surface area contributed by atoms with Gasteiger partial charge in [-0.3, -0.25) is 4.79 Å². The van der Waals surface area contributed by atoms with Gasteiger partial charge in [-0.25, -0.2) is 4.98 Å². The molecule has 2 rings (SSSR count). The molecular formula is C15H19ClIN3O. The number of hydrogen-bond acceptors (Lipinski definition) is 2. The fourth-order valence-electron chi connectivity index (χ4n) is 2.36. The van der Waals surface area contributed by atoms with Crippen LogP contribution in [0, 0.1) is 3.57 Å². The molecule has 114 valence electrons. The molecule has 0 bridgehead atoms. The van der Waals surface area contributed by atoms with E-state index in [0.717, 1.165) is 20.4 Å². The summed E-state index contributed by atoms with van der Waals surface area (Å²) >= 11 is 8.53. The Labute approximate surface area is 143 Å². The Kier molecular flexibility index (Phi) is 5.14. The Balaban J connectivity index is 2.60. The Bertz CT molecular complexity index is 668. The van der Waals surface area contributed by atoms with Gasteiger partial charge in [-0.1, -0.05) is 0 Å². The van der Waals surface area contributed by atoms with Crippen molar-refractivity contribution in [3.05, 3.63) is 27.6 Å². The fraction of sp³-hybridized carbons (Fsp3) is 0.467. The molecule has 0 radical (unpaired) electrons. The molecule has 0 aliphatic heterocycles. The lowest BCUT2D eigenvalue weighted by Gasteiger charge is -2.23. The molecule has 0 N–H and O–H groups in total. The SMILES string of the molecule is CCN(C)C(=O)C(C)n1c(C(C)Cl)nc2cc(I)ccc21. The first-order valence-corrected chi connectivity index (χ1v) is 8.44.